The number of rotatable bonds is 1. The van der Waals surface area contributed by atoms with Gasteiger partial charge in [0.05, 0.1) is 11.9 Å². The third-order valence-corrected chi connectivity index (χ3v) is 2.10. The molecule has 2 aromatic rings. The van der Waals surface area contributed by atoms with Gasteiger partial charge in [-0.1, -0.05) is 11.4 Å². The largest absolute Gasteiger partial charge is 0.222 e. The molecule has 0 unspecified atom stereocenters. The predicted octanol–water partition coefficient (Wildman–Crippen LogP) is -3.36. The van der Waals surface area contributed by atoms with Crippen molar-refractivity contribution in [2.75, 3.05) is 0 Å². The summed E-state index contributed by atoms with van der Waals surface area (Å²) in [5, 5.41) is 0. The van der Waals surface area contributed by atoms with E-state index in [0.29, 0.717) is 0 Å². The van der Waals surface area contributed by atoms with E-state index in [9.17, 15) is 0 Å². The first-order chi connectivity index (χ1) is 7.81. The van der Waals surface area contributed by atoms with Crippen LogP contribution >= 0.6 is 0 Å². The van der Waals surface area contributed by atoms with Gasteiger partial charge in [-0.05, 0) is 19.4 Å². The first kappa shape index (κ1) is 13.9. The molecule has 6 nitrogen and oxygen atoms in total. The third-order valence-electron chi connectivity index (χ3n) is 2.10. The molecule has 2 heterocycles. The van der Waals surface area contributed by atoms with Crippen LogP contribution in [0.4, 0.5) is 0 Å². The summed E-state index contributed by atoms with van der Waals surface area (Å²) in [4.78, 5) is 0. The second-order valence-corrected chi connectivity index (χ2v) is 4.21. The van der Waals surface area contributed by atoms with Gasteiger partial charge in [0, 0.05) is 11.6 Å². The fourth-order valence-corrected chi connectivity index (χ4v) is 1.55. The van der Waals surface area contributed by atoms with Crippen molar-refractivity contribution >= 4 is 0 Å². The highest BCUT2D eigenvalue weighted by molar-refractivity contribution is 5.10. The summed E-state index contributed by atoms with van der Waals surface area (Å²) in [7, 11) is -4.94. The number of aryl methyl sites for hydroxylation is 2. The molecular weight excluding hydrogens is 248 g/mol. The monoisotopic (exact) mass is 260 g/mol. The van der Waals surface area contributed by atoms with Crippen LogP contribution in [-0.2, 0) is 6.42 Å². The van der Waals surface area contributed by atoms with Crippen LogP contribution in [0, 0.1) is 17.2 Å². The molecule has 0 aromatic carbocycles. The fourth-order valence-electron chi connectivity index (χ4n) is 1.55. The minimum absolute atomic E-state index is 1.07. The minimum atomic E-state index is -4.94. The number of fused-ring (bicyclic) bond motifs is 1. The third kappa shape index (κ3) is 4.68. The van der Waals surface area contributed by atoms with E-state index in [1.54, 1.807) is 0 Å². The van der Waals surface area contributed by atoms with E-state index in [-0.39, 0.29) is 0 Å². The second-order valence-electron chi connectivity index (χ2n) is 3.46. The van der Waals surface area contributed by atoms with Gasteiger partial charge in [0.15, 0.2) is 0 Å². The molecule has 0 radical (unpaired) electrons. The summed E-state index contributed by atoms with van der Waals surface area (Å²) in [6, 6.07) is 4.28. The van der Waals surface area contributed by atoms with Crippen LogP contribution in [0.2, 0.25) is 0 Å². The van der Waals surface area contributed by atoms with Crippen LogP contribution < -0.4 is 23.2 Å². The van der Waals surface area contributed by atoms with Crippen molar-refractivity contribution in [1.29, 1.82) is 0 Å². The van der Waals surface area contributed by atoms with E-state index in [4.69, 9.17) is 18.6 Å². The maximum absolute atomic E-state index is 8.49. The molecule has 0 spiro atoms. The summed E-state index contributed by atoms with van der Waals surface area (Å²) >= 11 is 0. The van der Waals surface area contributed by atoms with Crippen LogP contribution in [0.25, 0.3) is 0 Å². The Balaban J connectivity index is 0.000000249. The number of aromatic nitrogens is 2. The Bertz CT molecular complexity index is 487. The Morgan fingerprint density at radius 2 is 1.88 bits per heavy atom. The molecule has 0 saturated carbocycles. The highest BCUT2D eigenvalue weighted by atomic mass is 35.7. The molecule has 0 fully saturated rings. The topological polar surface area (TPSA) is 101 Å². The molecule has 0 aliphatic heterocycles. The lowest BCUT2D eigenvalue weighted by Gasteiger charge is -2.17. The van der Waals surface area contributed by atoms with Crippen molar-refractivity contribution in [2.45, 2.75) is 20.3 Å². The molecular formula is C10H13ClN2O4. The molecule has 0 saturated heterocycles. The normalized spacial score (nSPS) is 11.2. The molecule has 7 heteroatoms. The Kier molecular flexibility index (Phi) is 4.44. The number of hydrogen-bond acceptors (Lipinski definition) is 4. The highest BCUT2D eigenvalue weighted by Gasteiger charge is 2.05. The standard InChI is InChI=1S/C10H13N2.ClHO4/c1-3-10-7-9(2)8-11-5-4-6-12(10)11;2-1(3,4)5/h4-8H,3H2,1-2H3;(H,2,3,4,5)/q+1;/p-1. The maximum Gasteiger partial charge on any atom is 0.203 e. The van der Waals surface area contributed by atoms with E-state index in [1.165, 1.54) is 11.3 Å². The van der Waals surface area contributed by atoms with Gasteiger partial charge in [0.2, 0.25) is 12.4 Å². The molecule has 2 rings (SSSR count). The van der Waals surface area contributed by atoms with Crippen molar-refractivity contribution < 1.29 is 33.4 Å². The molecule has 0 aliphatic carbocycles. The molecule has 0 atom stereocenters. The van der Waals surface area contributed by atoms with Gasteiger partial charge in [0.25, 0.3) is 0 Å². The molecule has 0 aliphatic rings. The van der Waals surface area contributed by atoms with Gasteiger partial charge in [0.1, 0.15) is 0 Å². The van der Waals surface area contributed by atoms with Gasteiger partial charge in [-0.15, -0.1) is 14.8 Å². The van der Waals surface area contributed by atoms with Crippen LogP contribution in [0.1, 0.15) is 18.2 Å². The summed E-state index contributed by atoms with van der Waals surface area (Å²) in [6.07, 6.45) is 7.34. The second kappa shape index (κ2) is 5.44. The zero-order chi connectivity index (χ0) is 13.1. The lowest BCUT2D eigenvalue weighted by Crippen LogP contribution is -2.68. The molecule has 2 aromatic heterocycles. The number of hydrogen-bond donors (Lipinski definition) is 0. The Hall–Kier alpha value is -1.18. The van der Waals surface area contributed by atoms with Crippen LogP contribution in [-0.4, -0.2) is 4.52 Å². The minimum Gasteiger partial charge on any atom is -0.222 e. The van der Waals surface area contributed by atoms with Crippen molar-refractivity contribution in [3.8, 4) is 0 Å². The van der Waals surface area contributed by atoms with Crippen LogP contribution in [0.3, 0.4) is 0 Å². The molecule has 0 bridgehead atoms. The number of nitrogens with zero attached hydrogens (tertiary/aromatic N) is 2. The van der Waals surface area contributed by atoms with Crippen molar-refractivity contribution in [3.05, 3.63) is 42.0 Å². The lowest BCUT2D eigenvalue weighted by atomic mass is 10.2. The van der Waals surface area contributed by atoms with E-state index >= 15 is 0 Å². The SMILES string of the molecule is CCc1cc(C)c[n+]2cccn12.[O-][Cl+3]([O-])([O-])[O-]. The average Bonchev–Trinajstić information content (AvgIpc) is 2.61. The zero-order valence-electron chi connectivity index (χ0n) is 9.50. The summed E-state index contributed by atoms with van der Waals surface area (Å²) in [6.45, 7) is 4.30. The van der Waals surface area contributed by atoms with Crippen LogP contribution in [0.5, 0.6) is 0 Å². The quantitative estimate of drug-likeness (QED) is 0.500. The Morgan fingerprint density at radius 1 is 1.29 bits per heavy atom. The highest BCUT2D eigenvalue weighted by Crippen LogP contribution is 2.00. The Labute approximate surface area is 101 Å². The fraction of sp³-hybridized carbons (Fsp3) is 0.300. The molecule has 0 N–H and O–H groups in total. The Morgan fingerprint density at radius 3 is 2.41 bits per heavy atom. The van der Waals surface area contributed by atoms with Gasteiger partial charge in [-0.25, -0.2) is 18.6 Å². The van der Waals surface area contributed by atoms with E-state index in [0.717, 1.165) is 6.42 Å². The summed E-state index contributed by atoms with van der Waals surface area (Å²) < 4.78 is 38.2. The summed E-state index contributed by atoms with van der Waals surface area (Å²) in [5.41, 5.74) is 2.66. The van der Waals surface area contributed by atoms with E-state index < -0.39 is 10.2 Å². The molecule has 17 heavy (non-hydrogen) atoms. The van der Waals surface area contributed by atoms with Crippen molar-refractivity contribution in [1.82, 2.24) is 4.52 Å². The van der Waals surface area contributed by atoms with Gasteiger partial charge >= 0.3 is 0 Å². The molecule has 94 valence electrons. The predicted molar refractivity (Wildman–Crippen MR) is 47.2 cm³/mol. The van der Waals surface area contributed by atoms with Crippen molar-refractivity contribution in [2.24, 2.45) is 0 Å². The zero-order valence-corrected chi connectivity index (χ0v) is 10.3. The van der Waals surface area contributed by atoms with Crippen LogP contribution in [0.15, 0.2) is 30.7 Å². The van der Waals surface area contributed by atoms with E-state index in [1.807, 2.05) is 0 Å². The first-order valence-electron chi connectivity index (χ1n) is 4.91. The molecule has 0 amide bonds. The maximum atomic E-state index is 8.49. The van der Waals surface area contributed by atoms with E-state index in [2.05, 4.69) is 53.6 Å². The van der Waals surface area contributed by atoms with Crippen molar-refractivity contribution in [3.63, 3.8) is 0 Å². The summed E-state index contributed by atoms with van der Waals surface area (Å²) in [5.74, 6) is 0. The lowest BCUT2D eigenvalue weighted by molar-refractivity contribution is -2.00. The number of halogens is 1. The van der Waals surface area contributed by atoms with Gasteiger partial charge in [-0.2, -0.15) is 0 Å². The smallest absolute Gasteiger partial charge is 0.203 e. The van der Waals surface area contributed by atoms with Gasteiger partial charge < -0.3 is 0 Å². The first-order valence-corrected chi connectivity index (χ1v) is 6.14. The average molecular weight is 261 g/mol. The van der Waals surface area contributed by atoms with Gasteiger partial charge in [-0.3, -0.25) is 0 Å².